The van der Waals surface area contributed by atoms with Crippen molar-refractivity contribution in [2.24, 2.45) is 0 Å². The summed E-state index contributed by atoms with van der Waals surface area (Å²) < 4.78 is 1.62. The van der Waals surface area contributed by atoms with Crippen LogP contribution in [0.15, 0.2) is 45.5 Å². The van der Waals surface area contributed by atoms with Crippen molar-refractivity contribution in [1.82, 2.24) is 4.98 Å². The van der Waals surface area contributed by atoms with Crippen LogP contribution in [0.1, 0.15) is 23.8 Å². The SMILES string of the molecule is CCCNc1ccc(C(=O)Nc2c(Br)cccc2Br)nc1. The predicted octanol–water partition coefficient (Wildman–Crippen LogP) is 4.68. The van der Waals surface area contributed by atoms with Gasteiger partial charge >= 0.3 is 0 Å². The highest BCUT2D eigenvalue weighted by molar-refractivity contribution is 9.11. The summed E-state index contributed by atoms with van der Waals surface area (Å²) in [5.41, 5.74) is 1.98. The van der Waals surface area contributed by atoms with Gasteiger partial charge in [0.25, 0.3) is 5.91 Å². The molecule has 1 aromatic heterocycles. The van der Waals surface area contributed by atoms with Gasteiger partial charge in [0.1, 0.15) is 5.69 Å². The normalized spacial score (nSPS) is 10.2. The number of hydrogen-bond acceptors (Lipinski definition) is 3. The van der Waals surface area contributed by atoms with E-state index in [1.54, 1.807) is 12.3 Å². The van der Waals surface area contributed by atoms with Crippen LogP contribution in [0.3, 0.4) is 0 Å². The van der Waals surface area contributed by atoms with Gasteiger partial charge in [-0.05, 0) is 62.5 Å². The zero-order valence-corrected chi connectivity index (χ0v) is 14.7. The van der Waals surface area contributed by atoms with Crippen LogP contribution in [-0.4, -0.2) is 17.4 Å². The first-order valence-electron chi connectivity index (χ1n) is 6.57. The van der Waals surface area contributed by atoms with Gasteiger partial charge in [0.15, 0.2) is 0 Å². The second-order valence-corrected chi connectivity index (χ2v) is 6.12. The Balaban J connectivity index is 2.10. The number of aromatic nitrogens is 1. The zero-order valence-electron chi connectivity index (χ0n) is 11.5. The van der Waals surface area contributed by atoms with Crippen molar-refractivity contribution in [2.45, 2.75) is 13.3 Å². The molecule has 0 aliphatic carbocycles. The monoisotopic (exact) mass is 411 g/mol. The minimum Gasteiger partial charge on any atom is -0.384 e. The second-order valence-electron chi connectivity index (χ2n) is 4.41. The number of para-hydroxylation sites is 1. The molecular weight excluding hydrogens is 398 g/mol. The van der Waals surface area contributed by atoms with E-state index in [0.29, 0.717) is 11.4 Å². The number of pyridine rings is 1. The molecular formula is C15H15Br2N3O. The summed E-state index contributed by atoms with van der Waals surface area (Å²) in [5.74, 6) is -0.246. The van der Waals surface area contributed by atoms with Crippen molar-refractivity contribution >= 4 is 49.1 Å². The fraction of sp³-hybridized carbons (Fsp3) is 0.200. The number of nitrogens with zero attached hydrogens (tertiary/aromatic N) is 1. The Morgan fingerprint density at radius 3 is 2.48 bits per heavy atom. The summed E-state index contributed by atoms with van der Waals surface area (Å²) in [7, 11) is 0. The molecule has 110 valence electrons. The third kappa shape index (κ3) is 4.28. The maximum absolute atomic E-state index is 12.2. The van der Waals surface area contributed by atoms with Gasteiger partial charge in [-0.2, -0.15) is 0 Å². The van der Waals surface area contributed by atoms with Crippen LogP contribution in [0.25, 0.3) is 0 Å². The number of rotatable bonds is 5. The largest absolute Gasteiger partial charge is 0.384 e. The van der Waals surface area contributed by atoms with Crippen LogP contribution in [0.2, 0.25) is 0 Å². The van der Waals surface area contributed by atoms with Gasteiger partial charge in [-0.25, -0.2) is 4.98 Å². The van der Waals surface area contributed by atoms with Crippen molar-refractivity contribution in [2.75, 3.05) is 17.2 Å². The van der Waals surface area contributed by atoms with Crippen molar-refractivity contribution in [3.8, 4) is 0 Å². The fourth-order valence-electron chi connectivity index (χ4n) is 1.70. The lowest BCUT2D eigenvalue weighted by atomic mass is 10.3. The summed E-state index contributed by atoms with van der Waals surface area (Å²) in [5, 5.41) is 6.06. The molecule has 0 fully saturated rings. The quantitative estimate of drug-likeness (QED) is 0.749. The number of hydrogen-bond donors (Lipinski definition) is 2. The van der Waals surface area contributed by atoms with Crippen LogP contribution in [0.4, 0.5) is 11.4 Å². The Hall–Kier alpha value is -1.40. The van der Waals surface area contributed by atoms with Crippen LogP contribution in [-0.2, 0) is 0 Å². The lowest BCUT2D eigenvalue weighted by molar-refractivity contribution is 0.102. The maximum atomic E-state index is 12.2. The molecule has 1 amide bonds. The summed E-state index contributed by atoms with van der Waals surface area (Å²) >= 11 is 6.83. The van der Waals surface area contributed by atoms with E-state index in [2.05, 4.69) is 54.4 Å². The third-order valence-electron chi connectivity index (χ3n) is 2.78. The van der Waals surface area contributed by atoms with E-state index in [0.717, 1.165) is 27.6 Å². The lowest BCUT2D eigenvalue weighted by Crippen LogP contribution is -2.14. The van der Waals surface area contributed by atoms with E-state index in [4.69, 9.17) is 0 Å². The minimum absolute atomic E-state index is 0.246. The van der Waals surface area contributed by atoms with Gasteiger partial charge in [0, 0.05) is 15.5 Å². The molecule has 0 unspecified atom stereocenters. The molecule has 0 bridgehead atoms. The molecule has 21 heavy (non-hydrogen) atoms. The van der Waals surface area contributed by atoms with Gasteiger partial charge in [-0.3, -0.25) is 4.79 Å². The molecule has 0 spiro atoms. The highest BCUT2D eigenvalue weighted by Gasteiger charge is 2.11. The number of carbonyl (C=O) groups is 1. The second kappa shape index (κ2) is 7.56. The molecule has 2 rings (SSSR count). The Morgan fingerprint density at radius 1 is 1.19 bits per heavy atom. The number of halogens is 2. The summed E-state index contributed by atoms with van der Waals surface area (Å²) in [6.07, 6.45) is 2.71. The summed E-state index contributed by atoms with van der Waals surface area (Å²) in [6.45, 7) is 2.98. The maximum Gasteiger partial charge on any atom is 0.274 e. The van der Waals surface area contributed by atoms with E-state index in [9.17, 15) is 4.79 Å². The Bertz CT molecular complexity index is 609. The number of carbonyl (C=O) groups excluding carboxylic acids is 1. The molecule has 0 saturated heterocycles. The molecule has 1 heterocycles. The third-order valence-corrected chi connectivity index (χ3v) is 4.10. The van der Waals surface area contributed by atoms with Gasteiger partial charge in [0.05, 0.1) is 17.6 Å². The fourth-order valence-corrected chi connectivity index (χ4v) is 2.89. The van der Waals surface area contributed by atoms with E-state index in [-0.39, 0.29) is 5.91 Å². The van der Waals surface area contributed by atoms with Crippen LogP contribution in [0, 0.1) is 0 Å². The van der Waals surface area contributed by atoms with E-state index < -0.39 is 0 Å². The first-order chi connectivity index (χ1) is 10.1. The molecule has 0 aliphatic rings. The molecule has 2 aromatic rings. The summed E-state index contributed by atoms with van der Waals surface area (Å²) in [4.78, 5) is 16.4. The molecule has 4 nitrogen and oxygen atoms in total. The van der Waals surface area contributed by atoms with Crippen molar-refractivity contribution in [1.29, 1.82) is 0 Å². The molecule has 0 saturated carbocycles. The highest BCUT2D eigenvalue weighted by atomic mass is 79.9. The first-order valence-corrected chi connectivity index (χ1v) is 8.15. The van der Waals surface area contributed by atoms with Crippen LogP contribution >= 0.6 is 31.9 Å². The van der Waals surface area contributed by atoms with E-state index in [1.807, 2.05) is 24.3 Å². The number of nitrogens with one attached hydrogen (secondary N) is 2. The Morgan fingerprint density at radius 2 is 1.90 bits per heavy atom. The zero-order chi connectivity index (χ0) is 15.2. The van der Waals surface area contributed by atoms with Crippen molar-refractivity contribution in [3.63, 3.8) is 0 Å². The molecule has 1 aromatic carbocycles. The van der Waals surface area contributed by atoms with E-state index in [1.165, 1.54) is 0 Å². The van der Waals surface area contributed by atoms with Gasteiger partial charge in [-0.1, -0.05) is 13.0 Å². The molecule has 0 aliphatic heterocycles. The van der Waals surface area contributed by atoms with Gasteiger partial charge in [0.2, 0.25) is 0 Å². The molecule has 6 heteroatoms. The average Bonchev–Trinajstić information content (AvgIpc) is 2.49. The number of amides is 1. The average molecular weight is 413 g/mol. The minimum atomic E-state index is -0.246. The molecule has 0 radical (unpaired) electrons. The highest BCUT2D eigenvalue weighted by Crippen LogP contribution is 2.30. The lowest BCUT2D eigenvalue weighted by Gasteiger charge is -2.09. The van der Waals surface area contributed by atoms with Crippen LogP contribution < -0.4 is 10.6 Å². The predicted molar refractivity (Wildman–Crippen MR) is 92.8 cm³/mol. The number of anilines is 2. The topological polar surface area (TPSA) is 54.0 Å². The molecule has 2 N–H and O–H groups in total. The van der Waals surface area contributed by atoms with Crippen LogP contribution in [0.5, 0.6) is 0 Å². The Kier molecular flexibility index (Phi) is 5.76. The van der Waals surface area contributed by atoms with E-state index >= 15 is 0 Å². The smallest absolute Gasteiger partial charge is 0.274 e. The summed E-state index contributed by atoms with van der Waals surface area (Å²) in [6, 6.07) is 9.18. The number of benzene rings is 1. The van der Waals surface area contributed by atoms with Gasteiger partial charge in [-0.15, -0.1) is 0 Å². The van der Waals surface area contributed by atoms with Crippen molar-refractivity contribution in [3.05, 3.63) is 51.2 Å². The Labute approximate surface area is 140 Å². The van der Waals surface area contributed by atoms with Crippen molar-refractivity contribution < 1.29 is 4.79 Å². The standard InChI is InChI=1S/C15H15Br2N3O/c1-2-8-18-10-6-7-13(19-9-10)15(21)20-14-11(16)4-3-5-12(14)17/h3-7,9,18H,2,8H2,1H3,(H,20,21). The van der Waals surface area contributed by atoms with Gasteiger partial charge < -0.3 is 10.6 Å². The molecule has 0 atom stereocenters. The first kappa shape index (κ1) is 16.0.